The molecule has 15 heavy (non-hydrogen) atoms. The van der Waals surface area contributed by atoms with E-state index in [2.05, 4.69) is 36.5 Å². The summed E-state index contributed by atoms with van der Waals surface area (Å²) < 4.78 is 0. The van der Waals surface area contributed by atoms with Crippen molar-refractivity contribution in [2.75, 3.05) is 5.32 Å². The van der Waals surface area contributed by atoms with Gasteiger partial charge in [-0.3, -0.25) is 0 Å². The van der Waals surface area contributed by atoms with Crippen LogP contribution in [0.5, 0.6) is 0 Å². The summed E-state index contributed by atoms with van der Waals surface area (Å²) in [6.45, 7) is 6.51. The molecule has 0 unspecified atom stereocenters. The zero-order valence-corrected chi connectivity index (χ0v) is 10.7. The maximum absolute atomic E-state index is 4.69. The van der Waals surface area contributed by atoms with Gasteiger partial charge in [-0.1, -0.05) is 12.8 Å². The van der Waals surface area contributed by atoms with E-state index in [1.165, 1.54) is 31.4 Å². The fourth-order valence-electron chi connectivity index (χ4n) is 2.07. The molecule has 2 rings (SSSR count). The van der Waals surface area contributed by atoms with Gasteiger partial charge in [-0.05, 0) is 33.6 Å². The molecule has 1 saturated carbocycles. The van der Waals surface area contributed by atoms with Gasteiger partial charge >= 0.3 is 0 Å². The molecule has 0 spiro atoms. The Bertz CT molecular complexity index is 319. The first-order chi connectivity index (χ1) is 7.04. The Morgan fingerprint density at radius 2 is 2.00 bits per heavy atom. The lowest BCUT2D eigenvalue weighted by atomic mass is 10.1. The zero-order valence-electron chi connectivity index (χ0n) is 9.84. The Labute approximate surface area is 96.1 Å². The van der Waals surface area contributed by atoms with Crippen LogP contribution >= 0.6 is 11.3 Å². The van der Waals surface area contributed by atoms with Gasteiger partial charge in [-0.15, -0.1) is 11.3 Å². The van der Waals surface area contributed by atoms with Crippen molar-refractivity contribution >= 4 is 16.5 Å². The normalized spacial score (nSPS) is 18.3. The van der Waals surface area contributed by atoms with Crippen LogP contribution in [0.25, 0.3) is 0 Å². The molecule has 1 fully saturated rings. The smallest absolute Gasteiger partial charge is 0.183 e. The van der Waals surface area contributed by atoms with E-state index < -0.39 is 0 Å². The highest BCUT2D eigenvalue weighted by Gasteiger charge is 2.20. The van der Waals surface area contributed by atoms with Crippen molar-refractivity contribution in [2.45, 2.75) is 57.9 Å². The molecule has 0 bridgehead atoms. The van der Waals surface area contributed by atoms with Crippen molar-refractivity contribution in [2.24, 2.45) is 0 Å². The summed E-state index contributed by atoms with van der Waals surface area (Å²) in [5, 5.41) is 6.73. The number of rotatable bonds is 2. The quantitative estimate of drug-likeness (QED) is 0.821. The second-order valence-electron chi connectivity index (χ2n) is 5.43. The van der Waals surface area contributed by atoms with Gasteiger partial charge in [-0.25, -0.2) is 4.98 Å². The molecule has 0 saturated heterocycles. The van der Waals surface area contributed by atoms with E-state index in [4.69, 9.17) is 0 Å². The lowest BCUT2D eigenvalue weighted by Crippen LogP contribution is -2.25. The van der Waals surface area contributed by atoms with Crippen LogP contribution in [0.3, 0.4) is 0 Å². The summed E-state index contributed by atoms with van der Waals surface area (Å²) in [4.78, 5) is 4.69. The molecule has 1 N–H and O–H groups in total. The van der Waals surface area contributed by atoms with Crippen LogP contribution in [0.2, 0.25) is 0 Å². The van der Waals surface area contributed by atoms with Gasteiger partial charge in [0.05, 0.1) is 5.69 Å². The third-order valence-electron chi connectivity index (χ3n) is 2.78. The van der Waals surface area contributed by atoms with Crippen LogP contribution in [0.4, 0.5) is 5.13 Å². The summed E-state index contributed by atoms with van der Waals surface area (Å²) in [7, 11) is 0. The van der Waals surface area contributed by atoms with E-state index >= 15 is 0 Å². The predicted octanol–water partition coefficient (Wildman–Crippen LogP) is 4.01. The molecule has 0 amide bonds. The highest BCUT2D eigenvalue weighted by molar-refractivity contribution is 7.13. The van der Waals surface area contributed by atoms with Gasteiger partial charge in [0.1, 0.15) is 0 Å². The van der Waals surface area contributed by atoms with Crippen LogP contribution in [0.1, 0.15) is 58.1 Å². The molecule has 3 heteroatoms. The van der Waals surface area contributed by atoms with Crippen molar-refractivity contribution in [1.82, 2.24) is 4.98 Å². The Kier molecular flexibility index (Phi) is 3.01. The molecule has 1 aliphatic rings. The molecule has 0 aromatic carbocycles. The fraction of sp³-hybridized carbons (Fsp3) is 0.750. The Hall–Kier alpha value is -0.570. The van der Waals surface area contributed by atoms with Gasteiger partial charge < -0.3 is 5.32 Å². The summed E-state index contributed by atoms with van der Waals surface area (Å²) in [5.74, 6) is 0.733. The first-order valence-corrected chi connectivity index (χ1v) is 6.66. The largest absolute Gasteiger partial charge is 0.357 e. The van der Waals surface area contributed by atoms with Gasteiger partial charge in [0.25, 0.3) is 0 Å². The van der Waals surface area contributed by atoms with Crippen molar-refractivity contribution in [3.63, 3.8) is 0 Å². The van der Waals surface area contributed by atoms with Gasteiger partial charge in [0.2, 0.25) is 0 Å². The second-order valence-corrected chi connectivity index (χ2v) is 6.29. The molecule has 1 aromatic rings. The number of nitrogens with one attached hydrogen (secondary N) is 1. The molecule has 0 aliphatic heterocycles. The number of nitrogens with zero attached hydrogens (tertiary/aromatic N) is 1. The summed E-state index contributed by atoms with van der Waals surface area (Å²) in [6, 6.07) is 0. The summed E-state index contributed by atoms with van der Waals surface area (Å²) in [5.41, 5.74) is 1.43. The lowest BCUT2D eigenvalue weighted by Gasteiger charge is -2.19. The second kappa shape index (κ2) is 4.12. The molecular weight excluding hydrogens is 204 g/mol. The van der Waals surface area contributed by atoms with Crippen LogP contribution in [-0.4, -0.2) is 10.5 Å². The molecule has 1 heterocycles. The number of thiazole rings is 1. The number of anilines is 1. The van der Waals surface area contributed by atoms with E-state index in [0.717, 1.165) is 11.0 Å². The molecule has 1 aliphatic carbocycles. The average Bonchev–Trinajstić information content (AvgIpc) is 2.68. The minimum Gasteiger partial charge on any atom is -0.357 e. The third-order valence-corrected chi connectivity index (χ3v) is 3.55. The van der Waals surface area contributed by atoms with E-state index in [1.54, 1.807) is 11.3 Å². The van der Waals surface area contributed by atoms with E-state index in [1.807, 2.05) is 0 Å². The van der Waals surface area contributed by atoms with Crippen molar-refractivity contribution < 1.29 is 0 Å². The highest BCUT2D eigenvalue weighted by atomic mass is 32.1. The minimum absolute atomic E-state index is 0.116. The van der Waals surface area contributed by atoms with Gasteiger partial charge in [-0.2, -0.15) is 0 Å². The van der Waals surface area contributed by atoms with Crippen molar-refractivity contribution in [1.29, 1.82) is 0 Å². The zero-order chi connectivity index (χ0) is 10.9. The third kappa shape index (κ3) is 2.94. The van der Waals surface area contributed by atoms with E-state index in [-0.39, 0.29) is 5.54 Å². The topological polar surface area (TPSA) is 24.9 Å². The fourth-order valence-corrected chi connectivity index (χ4v) is 3.07. The van der Waals surface area contributed by atoms with Crippen LogP contribution in [0.15, 0.2) is 5.38 Å². The first-order valence-electron chi connectivity index (χ1n) is 5.78. The first kappa shape index (κ1) is 10.9. The monoisotopic (exact) mass is 224 g/mol. The average molecular weight is 224 g/mol. The standard InChI is InChI=1S/C12H20N2S/c1-12(2,3)14-11-13-10(8-15-11)9-6-4-5-7-9/h8-9H,4-7H2,1-3H3,(H,13,14). The molecule has 84 valence electrons. The van der Waals surface area contributed by atoms with Crippen LogP contribution in [-0.2, 0) is 0 Å². The maximum Gasteiger partial charge on any atom is 0.183 e. The number of hydrogen-bond acceptors (Lipinski definition) is 3. The Morgan fingerprint density at radius 3 is 2.60 bits per heavy atom. The lowest BCUT2D eigenvalue weighted by molar-refractivity contribution is 0.631. The molecule has 0 atom stereocenters. The van der Waals surface area contributed by atoms with Crippen molar-refractivity contribution in [3.8, 4) is 0 Å². The van der Waals surface area contributed by atoms with Crippen molar-refractivity contribution in [3.05, 3.63) is 11.1 Å². The Balaban J connectivity index is 2.03. The summed E-state index contributed by atoms with van der Waals surface area (Å²) in [6.07, 6.45) is 5.42. The molecular formula is C12H20N2S. The number of hydrogen-bond donors (Lipinski definition) is 1. The van der Waals surface area contributed by atoms with E-state index in [9.17, 15) is 0 Å². The highest BCUT2D eigenvalue weighted by Crippen LogP contribution is 2.35. The number of aromatic nitrogens is 1. The van der Waals surface area contributed by atoms with Crippen LogP contribution in [0, 0.1) is 0 Å². The minimum atomic E-state index is 0.116. The van der Waals surface area contributed by atoms with Gasteiger partial charge in [0.15, 0.2) is 5.13 Å². The summed E-state index contributed by atoms with van der Waals surface area (Å²) >= 11 is 1.74. The van der Waals surface area contributed by atoms with Gasteiger partial charge in [0, 0.05) is 16.8 Å². The molecule has 2 nitrogen and oxygen atoms in total. The molecule has 1 aromatic heterocycles. The van der Waals surface area contributed by atoms with Crippen LogP contribution < -0.4 is 5.32 Å². The maximum atomic E-state index is 4.69. The van der Waals surface area contributed by atoms with E-state index in [0.29, 0.717) is 0 Å². The Morgan fingerprint density at radius 1 is 1.33 bits per heavy atom. The molecule has 0 radical (unpaired) electrons. The SMILES string of the molecule is CC(C)(C)Nc1nc(C2CCCC2)cs1. The predicted molar refractivity (Wildman–Crippen MR) is 66.7 cm³/mol.